The van der Waals surface area contributed by atoms with Crippen LogP contribution in [0.2, 0.25) is 19.6 Å². The fraction of sp³-hybridized carbons (Fsp3) is 0.143. The second-order valence-corrected chi connectivity index (χ2v) is 12.2. The Balaban J connectivity index is 0. The van der Waals surface area contributed by atoms with Gasteiger partial charge >= 0.3 is 23.9 Å². The molecule has 8 nitrogen and oxygen atoms in total. The summed E-state index contributed by atoms with van der Waals surface area (Å²) in [7, 11) is -0.103. The summed E-state index contributed by atoms with van der Waals surface area (Å²) in [6.07, 6.45) is 7.43. The van der Waals surface area contributed by atoms with Crippen LogP contribution in [0.15, 0.2) is 66.7 Å². The van der Waals surface area contributed by atoms with Gasteiger partial charge in [0.2, 0.25) is 0 Å². The summed E-state index contributed by atoms with van der Waals surface area (Å²) in [4.78, 5) is 39.7. The van der Waals surface area contributed by atoms with E-state index in [9.17, 15) is 14.4 Å². The van der Waals surface area contributed by atoms with Gasteiger partial charge in [0, 0.05) is 29.4 Å². The van der Waals surface area contributed by atoms with Crippen LogP contribution in [-0.2, 0) is 23.9 Å². The lowest BCUT2D eigenvalue weighted by molar-refractivity contribution is -0.135. The summed E-state index contributed by atoms with van der Waals surface area (Å²) >= 11 is 0. The standard InChI is InChI=1S/C10H10O2.C9H6O2.C6H10O2Si.C3H2O2/c1-12-10(11)8-7-9-5-3-2-4-6-9;10-9(11)7-6-8-4-2-1-3-5-8;1-9(2,3)5-4-6(7)8;1-2-3(4)5/h2-8H,1H3;1-5H,(H,10,11);1-3H3,(H,7,8);1H,(H,4,5)/b8-7+;;;. The largest absolute Gasteiger partial charge is 0.472 e. The lowest BCUT2D eigenvalue weighted by atomic mass is 10.2. The smallest absolute Gasteiger partial charge is 0.382 e. The van der Waals surface area contributed by atoms with Gasteiger partial charge in [0.1, 0.15) is 8.07 Å². The lowest BCUT2D eigenvalue weighted by Crippen LogP contribution is -2.16. The second kappa shape index (κ2) is 20.3. The van der Waals surface area contributed by atoms with Crippen LogP contribution in [0.5, 0.6) is 0 Å². The predicted molar refractivity (Wildman–Crippen MR) is 144 cm³/mol. The van der Waals surface area contributed by atoms with Crippen molar-refractivity contribution in [2.75, 3.05) is 7.11 Å². The molecule has 0 aliphatic heterocycles. The van der Waals surface area contributed by atoms with Crippen molar-refractivity contribution in [1.82, 2.24) is 0 Å². The average Bonchev–Trinajstić information content (AvgIpc) is 2.86. The monoisotopic (exact) mass is 520 g/mol. The summed E-state index contributed by atoms with van der Waals surface area (Å²) in [6, 6.07) is 18.6. The molecule has 0 saturated carbocycles. The van der Waals surface area contributed by atoms with Gasteiger partial charge in [0.05, 0.1) is 7.11 Å². The average molecular weight is 521 g/mol. The number of carbonyl (C=O) groups is 4. The maximum Gasteiger partial charge on any atom is 0.382 e. The molecule has 37 heavy (non-hydrogen) atoms. The van der Waals surface area contributed by atoms with Gasteiger partial charge in [0.25, 0.3) is 0 Å². The molecule has 0 bridgehead atoms. The fourth-order valence-corrected chi connectivity index (χ4v) is 2.17. The third kappa shape index (κ3) is 27.1. The predicted octanol–water partition coefficient (Wildman–Crippen LogP) is 3.65. The molecule has 0 aliphatic rings. The molecule has 2 rings (SSSR count). The van der Waals surface area contributed by atoms with Crippen LogP contribution < -0.4 is 0 Å². The van der Waals surface area contributed by atoms with Crippen molar-refractivity contribution in [1.29, 1.82) is 0 Å². The number of carbonyl (C=O) groups excluding carboxylic acids is 1. The number of ether oxygens (including phenoxy) is 1. The van der Waals surface area contributed by atoms with E-state index in [4.69, 9.17) is 20.1 Å². The van der Waals surface area contributed by atoms with Crippen LogP contribution in [0.1, 0.15) is 11.1 Å². The van der Waals surface area contributed by atoms with E-state index in [0.717, 1.165) is 11.1 Å². The zero-order chi connectivity index (χ0) is 28.7. The molecule has 0 aliphatic carbocycles. The van der Waals surface area contributed by atoms with Gasteiger partial charge in [-0.3, -0.25) is 0 Å². The SMILES string of the molecule is C#CC(=O)O.COC(=O)/C=C/c1ccccc1.C[Si](C)(C)C#CC(=O)O.O=C(O)C#Cc1ccccc1. The van der Waals surface area contributed by atoms with Crippen LogP contribution >= 0.6 is 0 Å². The molecule has 3 N–H and O–H groups in total. The van der Waals surface area contributed by atoms with Gasteiger partial charge in [-0.2, -0.15) is 0 Å². The topological polar surface area (TPSA) is 138 Å². The first-order valence-corrected chi connectivity index (χ1v) is 13.9. The highest BCUT2D eigenvalue weighted by atomic mass is 28.3. The van der Waals surface area contributed by atoms with Gasteiger partial charge in [-0.1, -0.05) is 74.1 Å². The molecule has 0 saturated heterocycles. The van der Waals surface area contributed by atoms with Crippen LogP contribution in [0.25, 0.3) is 6.08 Å². The van der Waals surface area contributed by atoms with Crippen molar-refractivity contribution in [3.8, 4) is 35.6 Å². The van der Waals surface area contributed by atoms with E-state index in [1.165, 1.54) is 19.1 Å². The van der Waals surface area contributed by atoms with Crippen molar-refractivity contribution < 1.29 is 39.2 Å². The Morgan fingerprint density at radius 3 is 1.62 bits per heavy atom. The molecule has 9 heteroatoms. The van der Waals surface area contributed by atoms with Crippen molar-refractivity contribution in [2.45, 2.75) is 19.6 Å². The summed E-state index contributed by atoms with van der Waals surface area (Å²) in [5.74, 6) is 4.40. The molecular weight excluding hydrogens is 492 g/mol. The molecule has 2 aromatic carbocycles. The first-order chi connectivity index (χ1) is 17.3. The van der Waals surface area contributed by atoms with E-state index >= 15 is 0 Å². The Kier molecular flexibility index (Phi) is 18.8. The minimum atomic E-state index is -1.46. The van der Waals surface area contributed by atoms with Crippen LogP contribution in [0.3, 0.4) is 0 Å². The van der Waals surface area contributed by atoms with Crippen LogP contribution in [0.4, 0.5) is 0 Å². The summed E-state index contributed by atoms with van der Waals surface area (Å²) < 4.78 is 4.45. The van der Waals surface area contributed by atoms with Crippen molar-refractivity contribution in [3.05, 3.63) is 77.9 Å². The summed E-state index contributed by atoms with van der Waals surface area (Å²) in [6.45, 7) is 6.01. The second-order valence-electron chi connectivity index (χ2n) is 7.44. The Morgan fingerprint density at radius 2 is 1.27 bits per heavy atom. The Hall–Kier alpha value is -5.04. The molecule has 0 fully saturated rings. The van der Waals surface area contributed by atoms with E-state index in [1.807, 2.05) is 74.1 Å². The molecule has 0 amide bonds. The minimum absolute atomic E-state index is 0.334. The maximum atomic E-state index is 10.7. The number of hydrogen-bond acceptors (Lipinski definition) is 5. The summed E-state index contributed by atoms with van der Waals surface area (Å²) in [5, 5.41) is 23.8. The normalized spacial score (nSPS) is 8.73. The van der Waals surface area contributed by atoms with E-state index in [-0.39, 0.29) is 5.97 Å². The molecule has 0 atom stereocenters. The lowest BCUT2D eigenvalue weighted by Gasteiger charge is -2.01. The first-order valence-electron chi connectivity index (χ1n) is 10.4. The van der Waals surface area contributed by atoms with Crippen molar-refractivity contribution in [2.24, 2.45) is 0 Å². The van der Waals surface area contributed by atoms with Gasteiger partial charge < -0.3 is 20.1 Å². The number of rotatable bonds is 2. The zero-order valence-corrected chi connectivity index (χ0v) is 21.9. The van der Waals surface area contributed by atoms with Crippen LogP contribution in [0, 0.1) is 35.6 Å². The maximum absolute atomic E-state index is 10.7. The molecule has 0 radical (unpaired) electrons. The van der Waals surface area contributed by atoms with E-state index in [2.05, 4.69) is 28.5 Å². The van der Waals surface area contributed by atoms with Gasteiger partial charge in [0.15, 0.2) is 0 Å². The molecule has 0 spiro atoms. The quantitative estimate of drug-likeness (QED) is 0.236. The van der Waals surface area contributed by atoms with Gasteiger partial charge in [-0.15, -0.1) is 12.0 Å². The zero-order valence-electron chi connectivity index (χ0n) is 20.9. The number of benzene rings is 2. The number of aliphatic carboxylic acids is 3. The highest BCUT2D eigenvalue weighted by molar-refractivity contribution is 6.84. The highest BCUT2D eigenvalue weighted by Gasteiger charge is 2.07. The minimum Gasteiger partial charge on any atom is -0.472 e. The van der Waals surface area contributed by atoms with Crippen molar-refractivity contribution >= 4 is 38.0 Å². The number of terminal acetylenes is 1. The molecular formula is C28H28O8Si. The molecule has 192 valence electrons. The molecule has 2 aromatic rings. The first kappa shape index (κ1) is 34.1. The van der Waals surface area contributed by atoms with Gasteiger partial charge in [-0.25, -0.2) is 19.2 Å². The number of hydrogen-bond donors (Lipinski definition) is 3. The number of carboxylic acids is 3. The third-order valence-electron chi connectivity index (χ3n) is 3.17. The Morgan fingerprint density at radius 1 is 0.811 bits per heavy atom. The van der Waals surface area contributed by atoms with Gasteiger partial charge in [-0.05, 0) is 23.8 Å². The number of esters is 1. The van der Waals surface area contributed by atoms with E-state index in [1.54, 1.807) is 18.2 Å². The Bertz CT molecular complexity index is 1200. The van der Waals surface area contributed by atoms with Crippen molar-refractivity contribution in [3.63, 3.8) is 0 Å². The van der Waals surface area contributed by atoms with Crippen LogP contribution in [-0.4, -0.2) is 54.4 Å². The number of carboxylic acid groups (broad SMARTS) is 3. The van der Waals surface area contributed by atoms with E-state index in [0.29, 0.717) is 0 Å². The molecule has 0 heterocycles. The summed E-state index contributed by atoms with van der Waals surface area (Å²) in [5.41, 5.74) is 4.42. The fourth-order valence-electron chi connectivity index (χ4n) is 1.68. The molecule has 0 aromatic heterocycles. The third-order valence-corrected chi connectivity index (χ3v) is 4.04. The molecule has 0 unspecified atom stereocenters. The highest BCUT2D eigenvalue weighted by Crippen LogP contribution is 2.00. The number of methoxy groups -OCH3 is 1. The van der Waals surface area contributed by atoms with E-state index < -0.39 is 26.0 Å². The Labute approximate surface area is 217 Å².